The van der Waals surface area contributed by atoms with Crippen LogP contribution in [0.25, 0.3) is 0 Å². The molecule has 1 saturated heterocycles. The average molecular weight is 338 g/mol. The van der Waals surface area contributed by atoms with Gasteiger partial charge in [0.25, 0.3) is 5.91 Å². The molecule has 1 aromatic heterocycles. The van der Waals surface area contributed by atoms with Crippen molar-refractivity contribution >= 4 is 5.91 Å². The fourth-order valence-electron chi connectivity index (χ4n) is 2.75. The summed E-state index contributed by atoms with van der Waals surface area (Å²) in [5.74, 6) is 0.713. The lowest BCUT2D eigenvalue weighted by molar-refractivity contribution is 0.0525. The van der Waals surface area contributed by atoms with E-state index in [0.717, 1.165) is 12.8 Å². The van der Waals surface area contributed by atoms with Crippen LogP contribution in [0.4, 0.5) is 0 Å². The van der Waals surface area contributed by atoms with Crippen LogP contribution in [-0.4, -0.2) is 47.1 Å². The van der Waals surface area contributed by atoms with E-state index in [1.807, 2.05) is 6.07 Å². The highest BCUT2D eigenvalue weighted by atomic mass is 16.5. The fraction of sp³-hybridized carbons (Fsp3) is 0.333. The summed E-state index contributed by atoms with van der Waals surface area (Å²) in [7, 11) is 1.52. The Labute approximate surface area is 145 Å². The molecule has 7 nitrogen and oxygen atoms in total. The quantitative estimate of drug-likeness (QED) is 0.847. The van der Waals surface area contributed by atoms with Gasteiger partial charge in [-0.1, -0.05) is 0 Å². The van der Waals surface area contributed by atoms with E-state index in [4.69, 9.17) is 14.7 Å². The van der Waals surface area contributed by atoms with Gasteiger partial charge in [-0.25, -0.2) is 0 Å². The summed E-state index contributed by atoms with van der Waals surface area (Å²) < 4.78 is 10.9. The number of piperidine rings is 1. The molecule has 1 aromatic carbocycles. The number of rotatable bonds is 4. The maximum atomic E-state index is 12.6. The standard InChI is InChI=1S/C18H18N4O3/c1-24-16-10-20-11-17(21-16)25-15-3-2-8-22(12-15)18(23)14-6-4-13(9-19)5-7-14/h4-7,10-11,15H,2-3,8,12H2,1H3/t15-/m0/s1. The molecule has 0 unspecified atom stereocenters. The number of hydrogen-bond donors (Lipinski definition) is 0. The second-order valence-corrected chi connectivity index (χ2v) is 5.72. The van der Waals surface area contributed by atoms with E-state index in [2.05, 4.69) is 9.97 Å². The van der Waals surface area contributed by atoms with E-state index < -0.39 is 0 Å². The summed E-state index contributed by atoms with van der Waals surface area (Å²) in [6, 6.07) is 8.71. The van der Waals surface area contributed by atoms with E-state index in [0.29, 0.717) is 36.0 Å². The molecule has 0 aliphatic carbocycles. The van der Waals surface area contributed by atoms with Gasteiger partial charge >= 0.3 is 0 Å². The first-order valence-electron chi connectivity index (χ1n) is 8.01. The normalized spacial score (nSPS) is 16.8. The van der Waals surface area contributed by atoms with Gasteiger partial charge in [0.15, 0.2) is 0 Å². The average Bonchev–Trinajstić information content (AvgIpc) is 2.68. The Morgan fingerprint density at radius 1 is 1.28 bits per heavy atom. The number of likely N-dealkylation sites (tertiary alicyclic amines) is 1. The Morgan fingerprint density at radius 2 is 2.04 bits per heavy atom. The highest BCUT2D eigenvalue weighted by molar-refractivity contribution is 5.94. The summed E-state index contributed by atoms with van der Waals surface area (Å²) in [6.45, 7) is 1.17. The van der Waals surface area contributed by atoms with Gasteiger partial charge in [-0.05, 0) is 37.1 Å². The molecule has 1 aliphatic heterocycles. The van der Waals surface area contributed by atoms with Crippen LogP contribution in [0.2, 0.25) is 0 Å². The Bertz CT molecular complexity index is 786. The number of carbonyl (C=O) groups is 1. The molecule has 0 bridgehead atoms. The molecule has 0 radical (unpaired) electrons. The minimum Gasteiger partial charge on any atom is -0.480 e. The monoisotopic (exact) mass is 338 g/mol. The number of methoxy groups -OCH3 is 1. The van der Waals surface area contributed by atoms with Crippen LogP contribution in [0, 0.1) is 11.3 Å². The highest BCUT2D eigenvalue weighted by Gasteiger charge is 2.26. The third-order valence-corrected chi connectivity index (χ3v) is 4.01. The van der Waals surface area contributed by atoms with Gasteiger partial charge in [0.05, 0.1) is 37.7 Å². The van der Waals surface area contributed by atoms with Crippen molar-refractivity contribution < 1.29 is 14.3 Å². The first-order valence-corrected chi connectivity index (χ1v) is 8.01. The largest absolute Gasteiger partial charge is 0.480 e. The molecule has 2 heterocycles. The number of aromatic nitrogens is 2. The van der Waals surface area contributed by atoms with Crippen LogP contribution in [0.15, 0.2) is 36.7 Å². The minimum atomic E-state index is -0.141. The van der Waals surface area contributed by atoms with E-state index in [1.54, 1.807) is 29.2 Å². The van der Waals surface area contributed by atoms with Crippen molar-refractivity contribution in [2.45, 2.75) is 18.9 Å². The molecule has 7 heteroatoms. The van der Waals surface area contributed by atoms with Gasteiger partial charge in [-0.2, -0.15) is 10.2 Å². The lowest BCUT2D eigenvalue weighted by Gasteiger charge is -2.32. The molecule has 1 fully saturated rings. The number of ether oxygens (including phenoxy) is 2. The third-order valence-electron chi connectivity index (χ3n) is 4.01. The molecular weight excluding hydrogens is 320 g/mol. The van der Waals surface area contributed by atoms with Crippen molar-refractivity contribution in [1.29, 1.82) is 5.26 Å². The van der Waals surface area contributed by atoms with E-state index in [-0.39, 0.29) is 12.0 Å². The van der Waals surface area contributed by atoms with Crippen molar-refractivity contribution in [1.82, 2.24) is 14.9 Å². The summed E-state index contributed by atoms with van der Waals surface area (Å²) >= 11 is 0. The summed E-state index contributed by atoms with van der Waals surface area (Å²) in [5, 5.41) is 8.85. The first kappa shape index (κ1) is 16.7. The van der Waals surface area contributed by atoms with Crippen molar-refractivity contribution in [3.63, 3.8) is 0 Å². The van der Waals surface area contributed by atoms with Crippen LogP contribution in [0.5, 0.6) is 11.8 Å². The molecule has 0 N–H and O–H groups in total. The zero-order valence-electron chi connectivity index (χ0n) is 13.9. The van der Waals surface area contributed by atoms with E-state index >= 15 is 0 Å². The Hall–Kier alpha value is -3.14. The third kappa shape index (κ3) is 4.04. The molecule has 0 spiro atoms. The predicted molar refractivity (Wildman–Crippen MR) is 89.3 cm³/mol. The SMILES string of the molecule is COc1cncc(O[C@H]2CCCN(C(=O)c3ccc(C#N)cc3)C2)n1. The smallest absolute Gasteiger partial charge is 0.253 e. The number of carbonyl (C=O) groups excluding carboxylic acids is 1. The molecule has 1 amide bonds. The van der Waals surface area contributed by atoms with Gasteiger partial charge in [0.1, 0.15) is 6.10 Å². The topological polar surface area (TPSA) is 88.3 Å². The number of hydrogen-bond acceptors (Lipinski definition) is 6. The van der Waals surface area contributed by atoms with Crippen molar-refractivity contribution in [3.8, 4) is 17.8 Å². The lowest BCUT2D eigenvalue weighted by atomic mass is 10.1. The summed E-state index contributed by atoms with van der Waals surface area (Å²) in [6.07, 6.45) is 4.59. The lowest BCUT2D eigenvalue weighted by Crippen LogP contribution is -2.44. The van der Waals surface area contributed by atoms with E-state index in [1.165, 1.54) is 19.5 Å². The van der Waals surface area contributed by atoms with Gasteiger partial charge in [0.2, 0.25) is 11.8 Å². The predicted octanol–water partition coefficient (Wildman–Crippen LogP) is 2.04. The van der Waals surface area contributed by atoms with Gasteiger partial charge in [0, 0.05) is 12.1 Å². The molecule has 0 saturated carbocycles. The van der Waals surface area contributed by atoms with Crippen LogP contribution in [0.1, 0.15) is 28.8 Å². The van der Waals surface area contributed by atoms with Crippen LogP contribution in [0.3, 0.4) is 0 Å². The van der Waals surface area contributed by atoms with Crippen LogP contribution < -0.4 is 9.47 Å². The maximum absolute atomic E-state index is 12.6. The Kier molecular flexibility index (Phi) is 5.09. The minimum absolute atomic E-state index is 0.0606. The maximum Gasteiger partial charge on any atom is 0.253 e. The van der Waals surface area contributed by atoms with Gasteiger partial charge in [-0.15, -0.1) is 0 Å². The van der Waals surface area contributed by atoms with Gasteiger partial charge in [-0.3, -0.25) is 9.78 Å². The molecule has 25 heavy (non-hydrogen) atoms. The second-order valence-electron chi connectivity index (χ2n) is 5.72. The van der Waals surface area contributed by atoms with Crippen molar-refractivity contribution in [3.05, 3.63) is 47.8 Å². The Balaban J connectivity index is 1.65. The number of amides is 1. The number of benzene rings is 1. The zero-order valence-corrected chi connectivity index (χ0v) is 13.9. The van der Waals surface area contributed by atoms with Crippen molar-refractivity contribution in [2.24, 2.45) is 0 Å². The molecule has 2 aromatic rings. The fourth-order valence-corrected chi connectivity index (χ4v) is 2.75. The number of nitriles is 1. The van der Waals surface area contributed by atoms with Crippen LogP contribution in [-0.2, 0) is 0 Å². The molecular formula is C18H18N4O3. The second kappa shape index (κ2) is 7.62. The zero-order chi connectivity index (χ0) is 17.6. The van der Waals surface area contributed by atoms with Gasteiger partial charge < -0.3 is 14.4 Å². The number of nitrogens with zero attached hydrogens (tertiary/aromatic N) is 4. The molecule has 3 rings (SSSR count). The van der Waals surface area contributed by atoms with Crippen LogP contribution >= 0.6 is 0 Å². The highest BCUT2D eigenvalue weighted by Crippen LogP contribution is 2.19. The Morgan fingerprint density at radius 3 is 2.76 bits per heavy atom. The summed E-state index contributed by atoms with van der Waals surface area (Å²) in [5.41, 5.74) is 1.11. The molecule has 128 valence electrons. The summed E-state index contributed by atoms with van der Waals surface area (Å²) in [4.78, 5) is 22.6. The first-order chi connectivity index (χ1) is 12.2. The van der Waals surface area contributed by atoms with Crippen molar-refractivity contribution in [2.75, 3.05) is 20.2 Å². The molecule has 1 aliphatic rings. The van der Waals surface area contributed by atoms with E-state index in [9.17, 15) is 4.79 Å². The molecule has 1 atom stereocenters.